The molecule has 11 heavy (non-hydrogen) atoms. The molecule has 0 aliphatic carbocycles. The van der Waals surface area contributed by atoms with Crippen LogP contribution >= 0.6 is 0 Å². The van der Waals surface area contributed by atoms with Gasteiger partial charge in [0.25, 0.3) is 0 Å². The molecule has 0 aromatic heterocycles. The average Bonchev–Trinajstić information content (AvgIpc) is 2.17. The van der Waals surface area contributed by atoms with Crippen molar-refractivity contribution in [1.82, 2.24) is 0 Å². The van der Waals surface area contributed by atoms with Gasteiger partial charge in [0.05, 0.1) is 12.7 Å². The molecule has 0 amide bonds. The fourth-order valence-corrected chi connectivity index (χ4v) is 1.30. The summed E-state index contributed by atoms with van der Waals surface area (Å²) < 4.78 is 5.26. The first-order chi connectivity index (χ1) is 4.66. The van der Waals surface area contributed by atoms with E-state index in [4.69, 9.17) is 17.7 Å². The Morgan fingerprint density at radius 3 is 2.09 bits per heavy atom. The van der Waals surface area contributed by atoms with Crippen LogP contribution in [0.3, 0.4) is 0 Å². The summed E-state index contributed by atoms with van der Waals surface area (Å²) in [5, 5.41) is 8.79. The van der Waals surface area contributed by atoms with Gasteiger partial charge >= 0.3 is 0 Å². The minimum Gasteiger partial charge on any atom is -0.394 e. The molecule has 4 atom stereocenters. The second-order valence-corrected chi connectivity index (χ2v) is 3.04. The molecular weight excluding hydrogens is 216 g/mol. The van der Waals surface area contributed by atoms with Gasteiger partial charge in [-0.3, -0.25) is 0 Å². The molecule has 1 rings (SSSR count). The van der Waals surface area contributed by atoms with Gasteiger partial charge in [-0.25, -0.2) is 0 Å². The third kappa shape index (κ3) is 2.51. The predicted molar refractivity (Wildman–Crippen MR) is 39.8 cm³/mol. The van der Waals surface area contributed by atoms with Crippen LogP contribution in [0.4, 0.5) is 0 Å². The fraction of sp³-hybridized carbons (Fsp3) is 1.00. The minimum absolute atomic E-state index is 0. The Labute approximate surface area is 94.4 Å². The number of hydrogen-bond acceptors (Lipinski definition) is 2. The third-order valence-corrected chi connectivity index (χ3v) is 2.45. The zero-order chi connectivity index (χ0) is 7.72. The SMILES string of the molecule is [B][C@@H]1O[C@H](CO)[C@H](C)C1C.[Y]. The number of ether oxygens (including phenoxy) is 1. The largest absolute Gasteiger partial charge is 0.394 e. The van der Waals surface area contributed by atoms with Crippen LogP contribution in [0.5, 0.6) is 0 Å². The molecule has 1 heterocycles. The van der Waals surface area contributed by atoms with Crippen LogP contribution in [0.1, 0.15) is 13.8 Å². The van der Waals surface area contributed by atoms with Crippen molar-refractivity contribution >= 4 is 7.85 Å². The molecule has 59 valence electrons. The zero-order valence-corrected chi connectivity index (χ0v) is 9.86. The van der Waals surface area contributed by atoms with Crippen molar-refractivity contribution in [3.8, 4) is 0 Å². The Balaban J connectivity index is 0.000001000. The second-order valence-electron chi connectivity index (χ2n) is 3.04. The van der Waals surface area contributed by atoms with Gasteiger partial charge in [0.1, 0.15) is 7.85 Å². The van der Waals surface area contributed by atoms with E-state index in [1.165, 1.54) is 0 Å². The molecule has 0 aromatic carbocycles. The first kappa shape index (κ1) is 12.1. The summed E-state index contributed by atoms with van der Waals surface area (Å²) in [5.41, 5.74) is 0. The summed E-state index contributed by atoms with van der Waals surface area (Å²) in [6.45, 7) is 4.18. The van der Waals surface area contributed by atoms with Gasteiger partial charge in [0.15, 0.2) is 0 Å². The van der Waals surface area contributed by atoms with Crippen LogP contribution in [0, 0.1) is 11.8 Å². The van der Waals surface area contributed by atoms with Gasteiger partial charge in [-0.05, 0) is 11.8 Å². The zero-order valence-electron chi connectivity index (χ0n) is 7.03. The van der Waals surface area contributed by atoms with E-state index in [0.29, 0.717) is 11.8 Å². The van der Waals surface area contributed by atoms with Crippen LogP contribution in [0.2, 0.25) is 0 Å². The summed E-state index contributed by atoms with van der Waals surface area (Å²) in [7, 11) is 5.60. The quantitative estimate of drug-likeness (QED) is 0.648. The third-order valence-electron chi connectivity index (χ3n) is 2.45. The number of aliphatic hydroxyl groups excluding tert-OH is 1. The molecule has 1 saturated heterocycles. The van der Waals surface area contributed by atoms with E-state index in [9.17, 15) is 0 Å². The van der Waals surface area contributed by atoms with Gasteiger partial charge < -0.3 is 9.84 Å². The smallest absolute Gasteiger partial charge is 0.109 e. The molecule has 0 aromatic rings. The molecule has 0 saturated carbocycles. The molecular formula is C7H13BO2Y. The Hall–Kier alpha value is 1.09. The predicted octanol–water partition coefficient (Wildman–Crippen LogP) is 0.142. The number of aliphatic hydroxyl groups is 1. The van der Waals surface area contributed by atoms with Crippen molar-refractivity contribution in [3.63, 3.8) is 0 Å². The summed E-state index contributed by atoms with van der Waals surface area (Å²) in [5.74, 6) is 0.733. The van der Waals surface area contributed by atoms with Crippen molar-refractivity contribution in [1.29, 1.82) is 0 Å². The molecule has 1 N–H and O–H groups in total. The van der Waals surface area contributed by atoms with Crippen LogP contribution in [0.25, 0.3) is 0 Å². The Bertz CT molecular complexity index is 123. The summed E-state index contributed by atoms with van der Waals surface area (Å²) >= 11 is 0. The van der Waals surface area contributed by atoms with Crippen molar-refractivity contribution in [2.24, 2.45) is 11.8 Å². The maximum Gasteiger partial charge on any atom is 0.109 e. The van der Waals surface area contributed by atoms with E-state index in [-0.39, 0.29) is 51.4 Å². The molecule has 3 radical (unpaired) electrons. The summed E-state index contributed by atoms with van der Waals surface area (Å²) in [4.78, 5) is 0. The molecule has 0 spiro atoms. The molecule has 1 unspecified atom stereocenters. The van der Waals surface area contributed by atoms with Crippen LogP contribution in [-0.2, 0) is 37.4 Å². The fourth-order valence-electron chi connectivity index (χ4n) is 1.30. The summed E-state index contributed by atoms with van der Waals surface area (Å²) in [6.07, 6.45) is -0.0509. The first-order valence-corrected chi connectivity index (χ1v) is 3.68. The molecule has 2 nitrogen and oxygen atoms in total. The standard InChI is InChI=1S/C7H13BO2.Y/c1-4-5(2)7(8)10-6(4)3-9;/h4-7,9H,3H2,1-2H3;/t4-,5?,6-,7-;/m1./s1. The Morgan fingerprint density at radius 1 is 1.36 bits per heavy atom. The van der Waals surface area contributed by atoms with E-state index in [1.54, 1.807) is 0 Å². The van der Waals surface area contributed by atoms with Gasteiger partial charge in [-0.2, -0.15) is 0 Å². The average molecular weight is 229 g/mol. The Morgan fingerprint density at radius 2 is 1.91 bits per heavy atom. The summed E-state index contributed by atoms with van der Waals surface area (Å²) in [6, 6.07) is -0.188. The van der Waals surface area contributed by atoms with Crippen LogP contribution < -0.4 is 0 Å². The maximum absolute atomic E-state index is 8.79. The number of rotatable bonds is 1. The van der Waals surface area contributed by atoms with Crippen LogP contribution in [0.15, 0.2) is 0 Å². The van der Waals surface area contributed by atoms with Crippen molar-refractivity contribution in [2.75, 3.05) is 6.61 Å². The molecule has 1 aliphatic heterocycles. The first-order valence-electron chi connectivity index (χ1n) is 3.68. The van der Waals surface area contributed by atoms with Crippen molar-refractivity contribution in [3.05, 3.63) is 0 Å². The molecule has 1 fully saturated rings. The van der Waals surface area contributed by atoms with E-state index < -0.39 is 0 Å². The topological polar surface area (TPSA) is 29.5 Å². The Kier molecular flexibility index (Phi) is 5.45. The van der Waals surface area contributed by atoms with E-state index >= 15 is 0 Å². The van der Waals surface area contributed by atoms with Gasteiger partial charge in [-0.1, -0.05) is 13.8 Å². The normalized spacial score (nSPS) is 43.5. The van der Waals surface area contributed by atoms with Crippen LogP contribution in [-0.4, -0.2) is 31.7 Å². The van der Waals surface area contributed by atoms with Crippen molar-refractivity contribution in [2.45, 2.75) is 26.0 Å². The van der Waals surface area contributed by atoms with Gasteiger partial charge in [-0.15, -0.1) is 0 Å². The van der Waals surface area contributed by atoms with Gasteiger partial charge in [0.2, 0.25) is 0 Å². The van der Waals surface area contributed by atoms with Crippen molar-refractivity contribution < 1.29 is 42.6 Å². The second kappa shape index (κ2) is 4.96. The van der Waals surface area contributed by atoms with E-state index in [2.05, 4.69) is 6.92 Å². The minimum atomic E-state index is -0.188. The molecule has 0 bridgehead atoms. The number of hydrogen-bond donors (Lipinski definition) is 1. The molecule has 4 heteroatoms. The van der Waals surface area contributed by atoms with Gasteiger partial charge in [0, 0.05) is 38.7 Å². The monoisotopic (exact) mass is 229 g/mol. The van der Waals surface area contributed by atoms with E-state index in [0.717, 1.165) is 0 Å². The molecule has 1 aliphatic rings. The maximum atomic E-state index is 8.79. The van der Waals surface area contributed by atoms with E-state index in [1.807, 2.05) is 6.92 Å².